The van der Waals surface area contributed by atoms with Crippen molar-refractivity contribution in [2.45, 2.75) is 50.6 Å². The van der Waals surface area contributed by atoms with Gasteiger partial charge in [0.05, 0.1) is 0 Å². The van der Waals surface area contributed by atoms with Crippen LogP contribution in [0.25, 0.3) is 0 Å². The van der Waals surface area contributed by atoms with Gasteiger partial charge in [0.25, 0.3) is 0 Å². The molecule has 2 saturated carbocycles. The third-order valence-corrected chi connectivity index (χ3v) is 4.69. The topological polar surface area (TPSA) is 70.2 Å². The molecule has 4 rings (SSSR count). The highest BCUT2D eigenvalue weighted by Gasteiger charge is 2.34. The maximum atomic E-state index is 12.4. The molecule has 6 nitrogen and oxygen atoms in total. The van der Waals surface area contributed by atoms with Crippen molar-refractivity contribution in [3.63, 3.8) is 0 Å². The highest BCUT2D eigenvalue weighted by Crippen LogP contribution is 2.30. The van der Waals surface area contributed by atoms with Gasteiger partial charge in [-0.1, -0.05) is 0 Å². The van der Waals surface area contributed by atoms with Crippen molar-refractivity contribution in [1.29, 1.82) is 0 Å². The molecule has 1 aromatic rings. The molecule has 1 saturated heterocycles. The summed E-state index contributed by atoms with van der Waals surface area (Å²) in [5.41, 5.74) is 0. The van der Waals surface area contributed by atoms with E-state index in [4.69, 9.17) is 0 Å². The summed E-state index contributed by atoms with van der Waals surface area (Å²) in [5, 5.41) is 6.50. The van der Waals surface area contributed by atoms with E-state index >= 15 is 0 Å². The van der Waals surface area contributed by atoms with Gasteiger partial charge in [-0.15, -0.1) is 0 Å². The summed E-state index contributed by atoms with van der Waals surface area (Å²) in [6.45, 7) is 1.88. The van der Waals surface area contributed by atoms with Gasteiger partial charge in [-0.2, -0.15) is 0 Å². The van der Waals surface area contributed by atoms with Crippen molar-refractivity contribution in [3.05, 3.63) is 12.4 Å². The van der Waals surface area contributed by atoms with Crippen LogP contribution in [0.1, 0.15) is 38.5 Å². The predicted octanol–water partition coefficient (Wildman–Crippen LogP) is 1.55. The van der Waals surface area contributed by atoms with E-state index in [1.165, 1.54) is 12.8 Å². The first-order valence-electron chi connectivity index (χ1n) is 8.42. The zero-order valence-corrected chi connectivity index (χ0v) is 12.8. The number of nitrogens with zero attached hydrogens (tertiary/aromatic N) is 3. The van der Waals surface area contributed by atoms with Crippen LogP contribution >= 0.6 is 0 Å². The number of amides is 1. The van der Waals surface area contributed by atoms with Crippen LogP contribution in [0.5, 0.6) is 0 Å². The third-order valence-electron chi connectivity index (χ3n) is 4.69. The molecule has 3 fully saturated rings. The number of carbonyl (C=O) groups is 1. The number of anilines is 2. The summed E-state index contributed by atoms with van der Waals surface area (Å²) < 4.78 is 0. The molecular formula is C16H23N5O. The van der Waals surface area contributed by atoms with Gasteiger partial charge in [-0.05, 0) is 44.4 Å². The van der Waals surface area contributed by atoms with E-state index in [2.05, 4.69) is 25.5 Å². The summed E-state index contributed by atoms with van der Waals surface area (Å²) in [6, 6.07) is 2.31. The second kappa shape index (κ2) is 5.74. The maximum Gasteiger partial charge on any atom is 0.242 e. The van der Waals surface area contributed by atoms with Gasteiger partial charge in [-0.3, -0.25) is 4.79 Å². The number of nitrogens with one attached hydrogen (secondary N) is 2. The van der Waals surface area contributed by atoms with Gasteiger partial charge in [0.1, 0.15) is 24.0 Å². The fourth-order valence-corrected chi connectivity index (χ4v) is 3.01. The molecule has 0 aromatic carbocycles. The summed E-state index contributed by atoms with van der Waals surface area (Å²) in [6.07, 6.45) is 8.44. The molecule has 1 unspecified atom stereocenters. The first-order valence-corrected chi connectivity index (χ1v) is 8.42. The minimum atomic E-state index is -0.0771. The molecule has 0 radical (unpaired) electrons. The molecule has 6 heteroatoms. The molecule has 1 atom stereocenters. The molecule has 0 bridgehead atoms. The monoisotopic (exact) mass is 301 g/mol. The number of hydrogen-bond acceptors (Lipinski definition) is 5. The minimum absolute atomic E-state index is 0.0771. The average Bonchev–Trinajstić information content (AvgIpc) is 3.46. The van der Waals surface area contributed by atoms with Crippen molar-refractivity contribution in [3.8, 4) is 0 Å². The Morgan fingerprint density at radius 3 is 2.86 bits per heavy atom. The molecule has 0 spiro atoms. The van der Waals surface area contributed by atoms with Crippen LogP contribution < -0.4 is 15.5 Å². The number of carbonyl (C=O) groups excluding carboxylic acids is 1. The Bertz CT molecular complexity index is 555. The molecule has 2 N–H and O–H groups in total. The van der Waals surface area contributed by atoms with Crippen LogP contribution in [-0.2, 0) is 4.79 Å². The normalized spacial score (nSPS) is 24.4. The Balaban J connectivity index is 1.44. The highest BCUT2D eigenvalue weighted by atomic mass is 16.2. The first-order chi connectivity index (χ1) is 10.8. The van der Waals surface area contributed by atoms with Gasteiger partial charge in [0, 0.05) is 25.2 Å². The lowest BCUT2D eigenvalue weighted by Gasteiger charge is -2.25. The largest absolute Gasteiger partial charge is 0.370 e. The van der Waals surface area contributed by atoms with Crippen molar-refractivity contribution in [2.24, 2.45) is 5.92 Å². The first kappa shape index (κ1) is 13.8. The van der Waals surface area contributed by atoms with Crippen molar-refractivity contribution >= 4 is 17.5 Å². The van der Waals surface area contributed by atoms with E-state index in [9.17, 15) is 4.79 Å². The Morgan fingerprint density at radius 2 is 2.09 bits per heavy atom. The number of hydrogen-bond donors (Lipinski definition) is 2. The second-order valence-electron chi connectivity index (χ2n) is 6.72. The minimum Gasteiger partial charge on any atom is -0.370 e. The summed E-state index contributed by atoms with van der Waals surface area (Å²) in [7, 11) is 0. The van der Waals surface area contributed by atoms with E-state index in [1.54, 1.807) is 6.33 Å². The zero-order chi connectivity index (χ0) is 14.9. The van der Waals surface area contributed by atoms with Crippen LogP contribution in [0.4, 0.5) is 11.6 Å². The Labute approximate surface area is 130 Å². The number of rotatable bonds is 6. The smallest absolute Gasteiger partial charge is 0.242 e. The van der Waals surface area contributed by atoms with Crippen molar-refractivity contribution < 1.29 is 4.79 Å². The lowest BCUT2D eigenvalue weighted by molar-refractivity contribution is -0.122. The molecule has 1 aliphatic heterocycles. The Morgan fingerprint density at radius 1 is 1.23 bits per heavy atom. The third kappa shape index (κ3) is 3.15. The quantitative estimate of drug-likeness (QED) is 0.834. The SMILES string of the molecule is O=C(NC1CC1)C1CCCN1c1cc(NCC2CC2)ncn1. The van der Waals surface area contributed by atoms with Crippen LogP contribution in [0, 0.1) is 5.92 Å². The van der Waals surface area contributed by atoms with Gasteiger partial charge in [-0.25, -0.2) is 9.97 Å². The van der Waals surface area contributed by atoms with Crippen LogP contribution in [-0.4, -0.2) is 41.0 Å². The highest BCUT2D eigenvalue weighted by molar-refractivity contribution is 5.86. The average molecular weight is 301 g/mol. The van der Waals surface area contributed by atoms with Gasteiger partial charge >= 0.3 is 0 Å². The van der Waals surface area contributed by atoms with Crippen LogP contribution in [0.2, 0.25) is 0 Å². The molecule has 3 aliphatic rings. The van der Waals surface area contributed by atoms with E-state index < -0.39 is 0 Å². The Kier molecular flexibility index (Phi) is 3.60. The maximum absolute atomic E-state index is 12.4. The Hall–Kier alpha value is -1.85. The molecule has 118 valence electrons. The predicted molar refractivity (Wildman–Crippen MR) is 84.8 cm³/mol. The van der Waals surface area contributed by atoms with Gasteiger partial charge in [0.15, 0.2) is 0 Å². The van der Waals surface area contributed by atoms with Crippen LogP contribution in [0.15, 0.2) is 12.4 Å². The summed E-state index contributed by atoms with van der Waals surface area (Å²) >= 11 is 0. The van der Waals surface area contributed by atoms with E-state index in [-0.39, 0.29) is 11.9 Å². The molecule has 2 heterocycles. The fraction of sp³-hybridized carbons (Fsp3) is 0.688. The number of aromatic nitrogens is 2. The van der Waals surface area contributed by atoms with E-state index in [0.717, 1.165) is 56.3 Å². The summed E-state index contributed by atoms with van der Waals surface area (Å²) in [5.74, 6) is 2.69. The molecular weight excluding hydrogens is 278 g/mol. The van der Waals surface area contributed by atoms with Crippen LogP contribution in [0.3, 0.4) is 0 Å². The molecule has 2 aliphatic carbocycles. The lowest BCUT2D eigenvalue weighted by Crippen LogP contribution is -2.44. The van der Waals surface area contributed by atoms with Crippen molar-refractivity contribution in [1.82, 2.24) is 15.3 Å². The molecule has 22 heavy (non-hydrogen) atoms. The standard InChI is InChI=1S/C16H23N5O/c22-16(20-12-5-6-12)13-2-1-7-21(13)15-8-14(18-10-19-15)17-9-11-3-4-11/h8,10-13H,1-7,9H2,(H,20,22)(H,17,18,19). The summed E-state index contributed by atoms with van der Waals surface area (Å²) in [4.78, 5) is 23.2. The zero-order valence-electron chi connectivity index (χ0n) is 12.8. The molecule has 1 amide bonds. The van der Waals surface area contributed by atoms with Crippen molar-refractivity contribution in [2.75, 3.05) is 23.3 Å². The fourth-order valence-electron chi connectivity index (χ4n) is 3.01. The van der Waals surface area contributed by atoms with Gasteiger partial charge in [0.2, 0.25) is 5.91 Å². The van der Waals surface area contributed by atoms with Gasteiger partial charge < -0.3 is 15.5 Å². The molecule has 1 aromatic heterocycles. The second-order valence-corrected chi connectivity index (χ2v) is 6.72. The lowest BCUT2D eigenvalue weighted by atomic mass is 10.2. The van der Waals surface area contributed by atoms with E-state index in [0.29, 0.717) is 6.04 Å². The van der Waals surface area contributed by atoms with E-state index in [1.807, 2.05) is 6.07 Å².